The summed E-state index contributed by atoms with van der Waals surface area (Å²) in [7, 11) is 1.81. The summed E-state index contributed by atoms with van der Waals surface area (Å²) in [5.74, 6) is 0.349. The van der Waals surface area contributed by atoms with Gasteiger partial charge in [-0.15, -0.1) is 10.2 Å². The lowest BCUT2D eigenvalue weighted by molar-refractivity contribution is 0.621. The predicted molar refractivity (Wildman–Crippen MR) is 54.1 cm³/mol. The molecule has 0 aliphatic carbocycles. The predicted octanol–water partition coefficient (Wildman–Crippen LogP) is 2.38. The largest absolute Gasteiger partial charge is 0.317 e. The van der Waals surface area contributed by atoms with Crippen molar-refractivity contribution in [2.75, 3.05) is 0 Å². The zero-order valence-corrected chi connectivity index (χ0v) is 8.99. The molecule has 1 heterocycles. The lowest BCUT2D eigenvalue weighted by Gasteiger charge is -2.01. The van der Waals surface area contributed by atoms with Crippen LogP contribution < -0.4 is 0 Å². The smallest absolute Gasteiger partial charge is 0.163 e. The van der Waals surface area contributed by atoms with Crippen LogP contribution in [0.25, 0.3) is 11.4 Å². The molecule has 1 aromatic carbocycles. The molecule has 72 valence electrons. The van der Waals surface area contributed by atoms with E-state index in [2.05, 4.69) is 26.1 Å². The second kappa shape index (κ2) is 3.49. The van der Waals surface area contributed by atoms with Gasteiger partial charge in [0.1, 0.15) is 12.1 Å². The Morgan fingerprint density at radius 3 is 2.79 bits per heavy atom. The standard InChI is InChI=1S/C9H7BrFN3/c1-14-5-12-13-9(14)6-2-3-7(10)8(11)4-6/h2-5H,1H3. The van der Waals surface area contributed by atoms with E-state index in [-0.39, 0.29) is 5.82 Å². The minimum Gasteiger partial charge on any atom is -0.317 e. The third-order valence-corrected chi connectivity index (χ3v) is 2.53. The van der Waals surface area contributed by atoms with Gasteiger partial charge in [0.25, 0.3) is 0 Å². The summed E-state index contributed by atoms with van der Waals surface area (Å²) >= 11 is 3.09. The second-order valence-corrected chi connectivity index (χ2v) is 3.75. The van der Waals surface area contributed by atoms with Crippen LogP contribution in [0.2, 0.25) is 0 Å². The summed E-state index contributed by atoms with van der Waals surface area (Å²) in [6, 6.07) is 4.87. The molecule has 0 amide bonds. The van der Waals surface area contributed by atoms with E-state index in [9.17, 15) is 4.39 Å². The van der Waals surface area contributed by atoms with Gasteiger partial charge in [0.05, 0.1) is 4.47 Å². The summed E-state index contributed by atoms with van der Waals surface area (Å²) < 4.78 is 15.4. The summed E-state index contributed by atoms with van der Waals surface area (Å²) in [6.45, 7) is 0. The van der Waals surface area contributed by atoms with Crippen molar-refractivity contribution in [2.24, 2.45) is 7.05 Å². The van der Waals surface area contributed by atoms with Crippen LogP contribution in [-0.2, 0) is 7.05 Å². The molecule has 0 atom stereocenters. The number of aryl methyl sites for hydroxylation is 1. The maximum absolute atomic E-state index is 13.2. The van der Waals surface area contributed by atoms with E-state index in [4.69, 9.17) is 0 Å². The molecule has 0 spiro atoms. The quantitative estimate of drug-likeness (QED) is 0.784. The van der Waals surface area contributed by atoms with Crippen LogP contribution in [0.1, 0.15) is 0 Å². The van der Waals surface area contributed by atoms with E-state index in [1.54, 1.807) is 23.0 Å². The molecular formula is C9H7BrFN3. The Kier molecular flexibility index (Phi) is 2.33. The van der Waals surface area contributed by atoms with Gasteiger partial charge in [-0.25, -0.2) is 4.39 Å². The molecule has 5 heteroatoms. The number of hydrogen-bond acceptors (Lipinski definition) is 2. The van der Waals surface area contributed by atoms with Crippen molar-refractivity contribution >= 4 is 15.9 Å². The summed E-state index contributed by atoms with van der Waals surface area (Å²) in [6.07, 6.45) is 1.58. The van der Waals surface area contributed by atoms with Crippen LogP contribution in [-0.4, -0.2) is 14.8 Å². The lowest BCUT2D eigenvalue weighted by Crippen LogP contribution is -1.91. The topological polar surface area (TPSA) is 30.7 Å². The van der Waals surface area contributed by atoms with Crippen LogP contribution in [0.3, 0.4) is 0 Å². The normalized spacial score (nSPS) is 10.5. The van der Waals surface area contributed by atoms with Crippen molar-refractivity contribution in [3.8, 4) is 11.4 Å². The zero-order chi connectivity index (χ0) is 10.1. The fourth-order valence-corrected chi connectivity index (χ4v) is 1.43. The van der Waals surface area contributed by atoms with Crippen LogP contribution >= 0.6 is 15.9 Å². The first-order valence-corrected chi connectivity index (χ1v) is 4.77. The molecule has 2 aromatic rings. The highest BCUT2D eigenvalue weighted by atomic mass is 79.9. The van der Waals surface area contributed by atoms with Gasteiger partial charge in [0, 0.05) is 12.6 Å². The number of halogens is 2. The average molecular weight is 256 g/mol. The van der Waals surface area contributed by atoms with Crippen molar-refractivity contribution in [1.29, 1.82) is 0 Å². The lowest BCUT2D eigenvalue weighted by atomic mass is 10.2. The third kappa shape index (κ3) is 1.55. The SMILES string of the molecule is Cn1cnnc1-c1ccc(Br)c(F)c1. The Morgan fingerprint density at radius 1 is 1.43 bits per heavy atom. The Hall–Kier alpha value is -1.23. The van der Waals surface area contributed by atoms with E-state index in [1.807, 2.05) is 7.05 Å². The van der Waals surface area contributed by atoms with Crippen molar-refractivity contribution in [1.82, 2.24) is 14.8 Å². The molecule has 0 aliphatic heterocycles. The second-order valence-electron chi connectivity index (χ2n) is 2.89. The van der Waals surface area contributed by atoms with E-state index < -0.39 is 0 Å². The highest BCUT2D eigenvalue weighted by molar-refractivity contribution is 9.10. The highest BCUT2D eigenvalue weighted by Gasteiger charge is 2.06. The molecule has 0 radical (unpaired) electrons. The van der Waals surface area contributed by atoms with E-state index in [0.717, 1.165) is 0 Å². The van der Waals surface area contributed by atoms with E-state index in [1.165, 1.54) is 6.07 Å². The van der Waals surface area contributed by atoms with Crippen molar-refractivity contribution in [3.63, 3.8) is 0 Å². The van der Waals surface area contributed by atoms with Crippen LogP contribution in [0.5, 0.6) is 0 Å². The molecule has 0 saturated heterocycles. The minimum absolute atomic E-state index is 0.300. The van der Waals surface area contributed by atoms with Gasteiger partial charge >= 0.3 is 0 Å². The number of nitrogens with zero attached hydrogens (tertiary/aromatic N) is 3. The molecule has 0 unspecified atom stereocenters. The maximum Gasteiger partial charge on any atom is 0.163 e. The van der Waals surface area contributed by atoms with Gasteiger partial charge < -0.3 is 4.57 Å². The molecule has 0 aliphatic rings. The Morgan fingerprint density at radius 2 is 2.21 bits per heavy atom. The Bertz CT molecular complexity index is 467. The van der Waals surface area contributed by atoms with Crippen LogP contribution in [0.15, 0.2) is 29.0 Å². The monoisotopic (exact) mass is 255 g/mol. The van der Waals surface area contributed by atoms with Gasteiger partial charge in [-0.1, -0.05) is 0 Å². The van der Waals surface area contributed by atoms with Gasteiger partial charge in [-0.2, -0.15) is 0 Å². The average Bonchev–Trinajstić information content (AvgIpc) is 2.57. The fourth-order valence-electron chi connectivity index (χ4n) is 1.18. The molecule has 0 fully saturated rings. The van der Waals surface area contributed by atoms with Crippen molar-refractivity contribution < 1.29 is 4.39 Å². The Labute approximate surface area is 88.7 Å². The van der Waals surface area contributed by atoms with Gasteiger partial charge in [-0.05, 0) is 34.1 Å². The molecule has 0 saturated carbocycles. The summed E-state index contributed by atoms with van der Waals surface area (Å²) in [5.41, 5.74) is 0.714. The summed E-state index contributed by atoms with van der Waals surface area (Å²) in [5, 5.41) is 7.62. The molecular weight excluding hydrogens is 249 g/mol. The summed E-state index contributed by atoms with van der Waals surface area (Å²) in [4.78, 5) is 0. The highest BCUT2D eigenvalue weighted by Crippen LogP contribution is 2.22. The van der Waals surface area contributed by atoms with Gasteiger partial charge in [0.2, 0.25) is 0 Å². The number of hydrogen-bond donors (Lipinski definition) is 0. The van der Waals surface area contributed by atoms with Crippen LogP contribution in [0, 0.1) is 5.82 Å². The number of aromatic nitrogens is 3. The van der Waals surface area contributed by atoms with Crippen molar-refractivity contribution in [2.45, 2.75) is 0 Å². The Balaban J connectivity index is 2.53. The maximum atomic E-state index is 13.2. The number of rotatable bonds is 1. The number of benzene rings is 1. The van der Waals surface area contributed by atoms with E-state index in [0.29, 0.717) is 15.9 Å². The first-order chi connectivity index (χ1) is 6.68. The fraction of sp³-hybridized carbons (Fsp3) is 0.111. The zero-order valence-electron chi connectivity index (χ0n) is 7.41. The molecule has 3 nitrogen and oxygen atoms in total. The molecule has 1 aromatic heterocycles. The van der Waals surface area contributed by atoms with Crippen LogP contribution in [0.4, 0.5) is 4.39 Å². The first-order valence-electron chi connectivity index (χ1n) is 3.98. The molecule has 0 N–H and O–H groups in total. The van der Waals surface area contributed by atoms with Gasteiger partial charge in [0.15, 0.2) is 5.82 Å². The van der Waals surface area contributed by atoms with Gasteiger partial charge in [-0.3, -0.25) is 0 Å². The minimum atomic E-state index is -0.300. The molecule has 14 heavy (non-hydrogen) atoms. The van der Waals surface area contributed by atoms with E-state index >= 15 is 0 Å². The van der Waals surface area contributed by atoms with Crippen molar-refractivity contribution in [3.05, 3.63) is 34.8 Å². The third-order valence-electron chi connectivity index (χ3n) is 1.89. The molecule has 2 rings (SSSR count). The molecule has 0 bridgehead atoms. The first kappa shape index (κ1) is 9.33.